The third-order valence-corrected chi connectivity index (χ3v) is 3.46. The maximum Gasteiger partial charge on any atom is 0.234 e. The molecule has 2 heterocycles. The molecule has 1 aromatic heterocycles. The molecule has 0 spiro atoms. The number of amides is 1. The Hall–Kier alpha value is -1.43. The van der Waals surface area contributed by atoms with Crippen LogP contribution < -0.4 is 11.1 Å². The van der Waals surface area contributed by atoms with E-state index in [-0.39, 0.29) is 11.9 Å². The molecule has 1 amide bonds. The summed E-state index contributed by atoms with van der Waals surface area (Å²) in [5.41, 5.74) is 5.35. The molecule has 2 unspecified atom stereocenters. The minimum absolute atomic E-state index is 0.195. The minimum Gasteiger partial charge on any atom is -0.368 e. The Kier molecular flexibility index (Phi) is 3.96. The number of primary amides is 1. The Balaban J connectivity index is 2.00. The van der Waals surface area contributed by atoms with E-state index in [1.807, 2.05) is 4.68 Å². The lowest BCUT2D eigenvalue weighted by Crippen LogP contribution is -2.47. The zero-order chi connectivity index (χ0) is 13.1. The molecule has 2 rings (SSSR count). The average Bonchev–Trinajstić information content (AvgIpc) is 2.77. The molecule has 0 radical (unpaired) electrons. The fraction of sp³-hybridized carbons (Fsp3) is 0.750. The highest BCUT2D eigenvalue weighted by molar-refractivity contribution is 5.79. The van der Waals surface area contributed by atoms with Gasteiger partial charge in [0.15, 0.2) is 0 Å². The standard InChI is InChI=1S/C12H21N5O/c1-8(2)17-11(15-7-16-17)6-9-3-4-14-10(5-9)12(13)18/h7-10,14H,3-6H2,1-2H3,(H2,13,18). The first-order valence-electron chi connectivity index (χ1n) is 6.49. The number of rotatable bonds is 4. The van der Waals surface area contributed by atoms with Gasteiger partial charge in [-0.1, -0.05) is 0 Å². The molecule has 1 fully saturated rings. The zero-order valence-corrected chi connectivity index (χ0v) is 11.0. The maximum atomic E-state index is 11.2. The van der Waals surface area contributed by atoms with Gasteiger partial charge in [0, 0.05) is 12.5 Å². The molecule has 0 saturated carbocycles. The van der Waals surface area contributed by atoms with Crippen LogP contribution in [-0.2, 0) is 11.2 Å². The number of piperidine rings is 1. The van der Waals surface area contributed by atoms with Crippen molar-refractivity contribution in [1.82, 2.24) is 20.1 Å². The van der Waals surface area contributed by atoms with Crippen molar-refractivity contribution in [3.05, 3.63) is 12.2 Å². The van der Waals surface area contributed by atoms with Crippen molar-refractivity contribution in [3.63, 3.8) is 0 Å². The Morgan fingerprint density at radius 1 is 1.67 bits per heavy atom. The first-order chi connectivity index (χ1) is 8.58. The number of hydrogen-bond donors (Lipinski definition) is 2. The molecule has 18 heavy (non-hydrogen) atoms. The molecular formula is C12H21N5O. The lowest BCUT2D eigenvalue weighted by atomic mass is 9.89. The summed E-state index contributed by atoms with van der Waals surface area (Å²) in [6.45, 7) is 5.02. The number of nitrogens with zero attached hydrogens (tertiary/aromatic N) is 3. The van der Waals surface area contributed by atoms with Crippen molar-refractivity contribution in [1.29, 1.82) is 0 Å². The normalized spacial score (nSPS) is 24.4. The molecule has 1 aliphatic rings. The third kappa shape index (κ3) is 2.87. The fourth-order valence-electron chi connectivity index (χ4n) is 2.51. The first-order valence-corrected chi connectivity index (χ1v) is 6.49. The minimum atomic E-state index is -0.259. The second kappa shape index (κ2) is 5.48. The van der Waals surface area contributed by atoms with Gasteiger partial charge in [-0.05, 0) is 39.2 Å². The van der Waals surface area contributed by atoms with Crippen LogP contribution in [0.2, 0.25) is 0 Å². The summed E-state index contributed by atoms with van der Waals surface area (Å²) in [5.74, 6) is 1.19. The highest BCUT2D eigenvalue weighted by atomic mass is 16.1. The van der Waals surface area contributed by atoms with Crippen molar-refractivity contribution in [2.45, 2.75) is 45.2 Å². The maximum absolute atomic E-state index is 11.2. The second-order valence-corrected chi connectivity index (χ2v) is 5.22. The molecule has 6 nitrogen and oxygen atoms in total. The summed E-state index contributed by atoms with van der Waals surface area (Å²) in [5, 5.41) is 7.38. The van der Waals surface area contributed by atoms with E-state index in [1.54, 1.807) is 6.33 Å². The van der Waals surface area contributed by atoms with Gasteiger partial charge in [-0.25, -0.2) is 9.67 Å². The van der Waals surface area contributed by atoms with E-state index < -0.39 is 0 Å². The van der Waals surface area contributed by atoms with E-state index in [9.17, 15) is 4.79 Å². The van der Waals surface area contributed by atoms with Gasteiger partial charge in [-0.2, -0.15) is 5.10 Å². The van der Waals surface area contributed by atoms with Crippen LogP contribution in [0.25, 0.3) is 0 Å². The number of nitrogens with one attached hydrogen (secondary N) is 1. The van der Waals surface area contributed by atoms with Crippen LogP contribution in [0, 0.1) is 5.92 Å². The summed E-state index contributed by atoms with van der Waals surface area (Å²) >= 11 is 0. The quantitative estimate of drug-likeness (QED) is 0.803. The van der Waals surface area contributed by atoms with Crippen molar-refractivity contribution in [2.24, 2.45) is 11.7 Å². The molecule has 1 saturated heterocycles. The second-order valence-electron chi connectivity index (χ2n) is 5.22. The molecule has 6 heteroatoms. The summed E-state index contributed by atoms with van der Waals surface area (Å²) in [4.78, 5) is 15.5. The van der Waals surface area contributed by atoms with E-state index >= 15 is 0 Å². The molecule has 0 bridgehead atoms. The Morgan fingerprint density at radius 2 is 2.44 bits per heavy atom. The molecule has 100 valence electrons. The number of carbonyl (C=O) groups is 1. The van der Waals surface area contributed by atoms with Crippen LogP contribution in [0.5, 0.6) is 0 Å². The smallest absolute Gasteiger partial charge is 0.234 e. The van der Waals surface area contributed by atoms with Gasteiger partial charge in [-0.3, -0.25) is 4.79 Å². The lowest BCUT2D eigenvalue weighted by Gasteiger charge is -2.28. The third-order valence-electron chi connectivity index (χ3n) is 3.46. The largest absolute Gasteiger partial charge is 0.368 e. The summed E-state index contributed by atoms with van der Waals surface area (Å²) in [6.07, 6.45) is 4.31. The van der Waals surface area contributed by atoms with Crippen LogP contribution in [0.15, 0.2) is 6.33 Å². The summed E-state index contributed by atoms with van der Waals surface area (Å²) in [6, 6.07) is 0.121. The predicted octanol–water partition coefficient (Wildman–Crippen LogP) is 0.255. The molecule has 0 aromatic carbocycles. The molecule has 2 atom stereocenters. The molecule has 1 aromatic rings. The highest BCUT2D eigenvalue weighted by Crippen LogP contribution is 2.21. The van der Waals surface area contributed by atoms with E-state index in [0.29, 0.717) is 12.0 Å². The molecule has 1 aliphatic heterocycles. The number of carbonyl (C=O) groups excluding carboxylic acids is 1. The van der Waals surface area contributed by atoms with Crippen molar-refractivity contribution in [2.75, 3.05) is 6.54 Å². The van der Waals surface area contributed by atoms with Gasteiger partial charge in [0.1, 0.15) is 12.2 Å². The fourth-order valence-corrected chi connectivity index (χ4v) is 2.51. The topological polar surface area (TPSA) is 85.8 Å². The Bertz CT molecular complexity index is 414. The first kappa shape index (κ1) is 13.0. The van der Waals surface area contributed by atoms with Crippen LogP contribution in [-0.4, -0.2) is 33.3 Å². The van der Waals surface area contributed by atoms with E-state index in [2.05, 4.69) is 29.2 Å². The van der Waals surface area contributed by atoms with Crippen LogP contribution in [0.4, 0.5) is 0 Å². The summed E-state index contributed by atoms with van der Waals surface area (Å²) in [7, 11) is 0. The van der Waals surface area contributed by atoms with Crippen molar-refractivity contribution < 1.29 is 4.79 Å². The molecular weight excluding hydrogens is 230 g/mol. The van der Waals surface area contributed by atoms with Gasteiger partial charge in [0.2, 0.25) is 5.91 Å². The van der Waals surface area contributed by atoms with Gasteiger partial charge in [0.05, 0.1) is 6.04 Å². The lowest BCUT2D eigenvalue weighted by molar-refractivity contribution is -0.120. The zero-order valence-electron chi connectivity index (χ0n) is 11.0. The number of hydrogen-bond acceptors (Lipinski definition) is 4. The predicted molar refractivity (Wildman–Crippen MR) is 67.8 cm³/mol. The monoisotopic (exact) mass is 251 g/mol. The van der Waals surface area contributed by atoms with Gasteiger partial charge >= 0.3 is 0 Å². The van der Waals surface area contributed by atoms with Gasteiger partial charge in [-0.15, -0.1) is 0 Å². The van der Waals surface area contributed by atoms with Crippen LogP contribution in [0.1, 0.15) is 38.6 Å². The Labute approximate surface area is 107 Å². The average molecular weight is 251 g/mol. The number of nitrogens with two attached hydrogens (primary N) is 1. The molecule has 0 aliphatic carbocycles. The van der Waals surface area contributed by atoms with Crippen LogP contribution in [0.3, 0.4) is 0 Å². The molecule has 3 N–H and O–H groups in total. The van der Waals surface area contributed by atoms with Crippen molar-refractivity contribution >= 4 is 5.91 Å². The highest BCUT2D eigenvalue weighted by Gasteiger charge is 2.26. The van der Waals surface area contributed by atoms with Crippen LogP contribution >= 0.6 is 0 Å². The van der Waals surface area contributed by atoms with Crippen molar-refractivity contribution in [3.8, 4) is 0 Å². The van der Waals surface area contributed by atoms with Gasteiger partial charge < -0.3 is 11.1 Å². The van der Waals surface area contributed by atoms with E-state index in [0.717, 1.165) is 31.6 Å². The summed E-state index contributed by atoms with van der Waals surface area (Å²) < 4.78 is 1.95. The SMILES string of the molecule is CC(C)n1ncnc1CC1CCNC(C(N)=O)C1. The van der Waals surface area contributed by atoms with E-state index in [1.165, 1.54) is 0 Å². The van der Waals surface area contributed by atoms with Gasteiger partial charge in [0.25, 0.3) is 0 Å². The Morgan fingerprint density at radius 3 is 3.11 bits per heavy atom. The van der Waals surface area contributed by atoms with E-state index in [4.69, 9.17) is 5.73 Å². The number of aromatic nitrogens is 3.